The number of hydrogen-bond donors (Lipinski definition) is 2. The van der Waals surface area contributed by atoms with E-state index in [9.17, 15) is 0 Å². The molecule has 2 aliphatic rings. The molecule has 0 bridgehead atoms. The van der Waals surface area contributed by atoms with Gasteiger partial charge in [-0.2, -0.15) is 0 Å². The maximum absolute atomic E-state index is 5.90. The third kappa shape index (κ3) is 2.96. The fraction of sp³-hybridized carbons (Fsp3) is 1.00. The van der Waals surface area contributed by atoms with E-state index in [0.29, 0.717) is 6.04 Å². The van der Waals surface area contributed by atoms with Crippen molar-refractivity contribution in [2.45, 2.75) is 57.5 Å². The predicted octanol–water partition coefficient (Wildman–Crippen LogP) is 1.89. The maximum Gasteiger partial charge on any atom is 0.0124 e. The van der Waals surface area contributed by atoms with Crippen molar-refractivity contribution in [1.29, 1.82) is 0 Å². The predicted molar refractivity (Wildman–Crippen MR) is 60.1 cm³/mol. The van der Waals surface area contributed by atoms with Crippen molar-refractivity contribution in [2.24, 2.45) is 17.6 Å². The van der Waals surface area contributed by atoms with Crippen LogP contribution in [0.15, 0.2) is 0 Å². The van der Waals surface area contributed by atoms with Gasteiger partial charge in [0, 0.05) is 12.1 Å². The lowest BCUT2D eigenvalue weighted by atomic mass is 10.1. The van der Waals surface area contributed by atoms with Gasteiger partial charge in [-0.25, -0.2) is 0 Å². The molecule has 0 aromatic rings. The zero-order valence-electron chi connectivity index (χ0n) is 9.34. The smallest absolute Gasteiger partial charge is 0.0124 e. The molecular formula is C12H24N2. The van der Waals surface area contributed by atoms with E-state index in [4.69, 9.17) is 5.73 Å². The van der Waals surface area contributed by atoms with Gasteiger partial charge in [0.25, 0.3) is 0 Å². The van der Waals surface area contributed by atoms with E-state index in [1.165, 1.54) is 25.7 Å². The van der Waals surface area contributed by atoms with Crippen LogP contribution in [0.4, 0.5) is 0 Å². The third-order valence-corrected chi connectivity index (χ3v) is 3.68. The van der Waals surface area contributed by atoms with E-state index in [2.05, 4.69) is 12.2 Å². The van der Waals surface area contributed by atoms with Gasteiger partial charge in [-0.05, 0) is 56.9 Å². The van der Waals surface area contributed by atoms with Gasteiger partial charge in [0.15, 0.2) is 0 Å². The summed E-state index contributed by atoms with van der Waals surface area (Å²) in [6, 6.07) is 1.25. The second-order valence-corrected chi connectivity index (χ2v) is 5.11. The summed E-state index contributed by atoms with van der Waals surface area (Å²) in [7, 11) is 0. The van der Waals surface area contributed by atoms with Crippen molar-refractivity contribution in [3.8, 4) is 0 Å². The average Bonchev–Trinajstić information content (AvgIpc) is 3.03. The largest absolute Gasteiger partial charge is 0.328 e. The minimum absolute atomic E-state index is 0.404. The highest BCUT2D eigenvalue weighted by atomic mass is 14.9. The van der Waals surface area contributed by atoms with Crippen molar-refractivity contribution in [3.05, 3.63) is 0 Å². The van der Waals surface area contributed by atoms with Gasteiger partial charge in [-0.15, -0.1) is 0 Å². The molecule has 2 saturated carbocycles. The van der Waals surface area contributed by atoms with Crippen LogP contribution in [0.2, 0.25) is 0 Å². The lowest BCUT2D eigenvalue weighted by Gasteiger charge is -2.18. The molecule has 2 aliphatic carbocycles. The van der Waals surface area contributed by atoms with E-state index >= 15 is 0 Å². The van der Waals surface area contributed by atoms with Crippen molar-refractivity contribution < 1.29 is 0 Å². The van der Waals surface area contributed by atoms with Crippen LogP contribution in [0, 0.1) is 11.8 Å². The monoisotopic (exact) mass is 196 g/mol. The van der Waals surface area contributed by atoms with Crippen LogP contribution in [-0.2, 0) is 0 Å². The number of rotatable bonds is 7. The highest BCUT2D eigenvalue weighted by Gasteiger charge is 2.40. The maximum atomic E-state index is 5.90. The second kappa shape index (κ2) is 4.63. The summed E-state index contributed by atoms with van der Waals surface area (Å²) in [5.41, 5.74) is 5.90. The Bertz CT molecular complexity index is 161. The van der Waals surface area contributed by atoms with Crippen molar-refractivity contribution in [3.63, 3.8) is 0 Å². The molecule has 2 nitrogen and oxygen atoms in total. The molecular weight excluding hydrogens is 172 g/mol. The summed E-state index contributed by atoms with van der Waals surface area (Å²) in [5, 5.41) is 3.73. The van der Waals surface area contributed by atoms with E-state index < -0.39 is 0 Å². The SMILES string of the molecule is CCC(N)CCNC(C1CC1)C1CC1. The molecule has 0 saturated heterocycles. The highest BCUT2D eigenvalue weighted by Crippen LogP contribution is 2.44. The first kappa shape index (κ1) is 10.4. The molecule has 1 unspecified atom stereocenters. The second-order valence-electron chi connectivity index (χ2n) is 5.11. The van der Waals surface area contributed by atoms with E-state index in [-0.39, 0.29) is 0 Å². The van der Waals surface area contributed by atoms with Gasteiger partial charge < -0.3 is 11.1 Å². The molecule has 2 rings (SSSR count). The van der Waals surface area contributed by atoms with Crippen molar-refractivity contribution in [2.75, 3.05) is 6.54 Å². The molecule has 0 aliphatic heterocycles. The highest BCUT2D eigenvalue weighted by molar-refractivity contribution is 4.96. The summed E-state index contributed by atoms with van der Waals surface area (Å²) in [6.07, 6.45) is 8.12. The Labute approximate surface area is 87.6 Å². The van der Waals surface area contributed by atoms with E-state index in [0.717, 1.165) is 37.3 Å². The zero-order chi connectivity index (χ0) is 9.97. The Morgan fingerprint density at radius 2 is 1.79 bits per heavy atom. The molecule has 0 amide bonds. The Hall–Kier alpha value is -0.0800. The van der Waals surface area contributed by atoms with Crippen LogP contribution in [-0.4, -0.2) is 18.6 Å². The third-order valence-electron chi connectivity index (χ3n) is 3.68. The van der Waals surface area contributed by atoms with Crippen LogP contribution in [0.5, 0.6) is 0 Å². The fourth-order valence-corrected chi connectivity index (χ4v) is 2.27. The summed E-state index contributed by atoms with van der Waals surface area (Å²) < 4.78 is 0. The quantitative estimate of drug-likeness (QED) is 0.652. The fourth-order valence-electron chi connectivity index (χ4n) is 2.27. The first-order valence-electron chi connectivity index (χ1n) is 6.30. The molecule has 2 fully saturated rings. The lowest BCUT2D eigenvalue weighted by molar-refractivity contribution is 0.403. The minimum atomic E-state index is 0.404. The van der Waals surface area contributed by atoms with Crippen LogP contribution >= 0.6 is 0 Å². The Balaban J connectivity index is 1.62. The first-order chi connectivity index (χ1) is 6.81. The summed E-state index contributed by atoms with van der Waals surface area (Å²) in [5.74, 6) is 2.03. The van der Waals surface area contributed by atoms with Gasteiger partial charge in [0.1, 0.15) is 0 Å². The standard InChI is InChI=1S/C12H24N2/c1-2-11(13)7-8-14-12(9-3-4-9)10-5-6-10/h9-12,14H,2-8,13H2,1H3. The molecule has 0 radical (unpaired) electrons. The van der Waals surface area contributed by atoms with Crippen molar-refractivity contribution >= 4 is 0 Å². The average molecular weight is 196 g/mol. The molecule has 0 heterocycles. The Morgan fingerprint density at radius 3 is 2.21 bits per heavy atom. The molecule has 82 valence electrons. The zero-order valence-corrected chi connectivity index (χ0v) is 9.34. The summed E-state index contributed by atoms with van der Waals surface area (Å²) >= 11 is 0. The van der Waals surface area contributed by atoms with Crippen molar-refractivity contribution in [1.82, 2.24) is 5.32 Å². The van der Waals surface area contributed by atoms with Gasteiger partial charge >= 0.3 is 0 Å². The lowest BCUT2D eigenvalue weighted by Crippen LogP contribution is -2.36. The van der Waals surface area contributed by atoms with E-state index in [1.54, 1.807) is 0 Å². The van der Waals surface area contributed by atoms with Crippen LogP contribution in [0.25, 0.3) is 0 Å². The van der Waals surface area contributed by atoms with Gasteiger partial charge in [-0.1, -0.05) is 6.92 Å². The molecule has 1 atom stereocenters. The Kier molecular flexibility index (Phi) is 3.45. The number of nitrogens with one attached hydrogen (secondary N) is 1. The molecule has 0 spiro atoms. The van der Waals surface area contributed by atoms with E-state index in [1.807, 2.05) is 0 Å². The Morgan fingerprint density at radius 1 is 1.21 bits per heavy atom. The normalized spacial score (nSPS) is 24.2. The summed E-state index contributed by atoms with van der Waals surface area (Å²) in [6.45, 7) is 3.30. The molecule has 2 heteroatoms. The van der Waals surface area contributed by atoms with Gasteiger partial charge in [0.2, 0.25) is 0 Å². The number of hydrogen-bond acceptors (Lipinski definition) is 2. The first-order valence-corrected chi connectivity index (χ1v) is 6.30. The van der Waals surface area contributed by atoms with Crippen LogP contribution < -0.4 is 11.1 Å². The molecule has 0 aromatic heterocycles. The molecule has 3 N–H and O–H groups in total. The van der Waals surface area contributed by atoms with Gasteiger partial charge in [-0.3, -0.25) is 0 Å². The minimum Gasteiger partial charge on any atom is -0.328 e. The number of nitrogens with two attached hydrogens (primary N) is 1. The topological polar surface area (TPSA) is 38.0 Å². The molecule has 14 heavy (non-hydrogen) atoms. The molecule has 0 aromatic carbocycles. The summed E-state index contributed by atoms with van der Waals surface area (Å²) in [4.78, 5) is 0. The van der Waals surface area contributed by atoms with Crippen LogP contribution in [0.3, 0.4) is 0 Å². The van der Waals surface area contributed by atoms with Crippen LogP contribution in [0.1, 0.15) is 45.4 Å². The van der Waals surface area contributed by atoms with Gasteiger partial charge in [0.05, 0.1) is 0 Å².